The fraction of sp³-hybridized carbons (Fsp3) is 0.803. The summed E-state index contributed by atoms with van der Waals surface area (Å²) in [6.07, 6.45) is 69.9. The van der Waals surface area contributed by atoms with Gasteiger partial charge in [0.1, 0.15) is 24.4 Å². The molecule has 1 rings (SSSR count). The van der Waals surface area contributed by atoms with E-state index in [9.17, 15) is 30.3 Å². The van der Waals surface area contributed by atoms with Crippen LogP contribution in [0.25, 0.3) is 0 Å². The molecule has 75 heavy (non-hydrogen) atoms. The van der Waals surface area contributed by atoms with Crippen LogP contribution in [0.3, 0.4) is 0 Å². The number of carbonyl (C=O) groups is 1. The van der Waals surface area contributed by atoms with E-state index in [1.807, 2.05) is 6.08 Å². The molecule has 1 amide bonds. The molecule has 0 spiro atoms. The highest BCUT2D eigenvalue weighted by Gasteiger charge is 2.44. The van der Waals surface area contributed by atoms with Crippen molar-refractivity contribution in [3.8, 4) is 0 Å². The summed E-state index contributed by atoms with van der Waals surface area (Å²) in [5.74, 6) is -0.189. The van der Waals surface area contributed by atoms with E-state index in [0.717, 1.165) is 64.2 Å². The second-order valence-electron chi connectivity index (χ2n) is 21.8. The summed E-state index contributed by atoms with van der Waals surface area (Å²) in [5, 5.41) is 54.5. The third-order valence-corrected chi connectivity index (χ3v) is 14.7. The zero-order valence-electron chi connectivity index (χ0n) is 48.5. The first-order valence-electron chi connectivity index (χ1n) is 31.7. The molecule has 7 unspecified atom stereocenters. The predicted molar refractivity (Wildman–Crippen MR) is 318 cm³/mol. The fourth-order valence-electron chi connectivity index (χ4n) is 9.73. The average molecular weight is 1050 g/mol. The normalized spacial score (nSPS) is 19.4. The molecule has 1 heterocycles. The van der Waals surface area contributed by atoms with E-state index in [-0.39, 0.29) is 12.5 Å². The number of rotatable bonds is 54. The van der Waals surface area contributed by atoms with Crippen molar-refractivity contribution in [3.63, 3.8) is 0 Å². The second kappa shape index (κ2) is 55.0. The molecule has 1 fully saturated rings. The number of allylic oxidation sites excluding steroid dienone is 11. The molecule has 0 saturated carbocycles. The lowest BCUT2D eigenvalue weighted by molar-refractivity contribution is -0.302. The summed E-state index contributed by atoms with van der Waals surface area (Å²) in [6.45, 7) is 3.75. The van der Waals surface area contributed by atoms with Gasteiger partial charge in [-0.15, -0.1) is 0 Å². The van der Waals surface area contributed by atoms with Gasteiger partial charge in [-0.1, -0.05) is 267 Å². The number of hydrogen-bond donors (Lipinski definition) is 6. The van der Waals surface area contributed by atoms with Crippen LogP contribution in [0.15, 0.2) is 72.9 Å². The van der Waals surface area contributed by atoms with Crippen molar-refractivity contribution in [1.29, 1.82) is 0 Å². The van der Waals surface area contributed by atoms with Crippen LogP contribution in [0.5, 0.6) is 0 Å². The molecule has 9 heteroatoms. The average Bonchev–Trinajstić information content (AvgIpc) is 3.41. The summed E-state index contributed by atoms with van der Waals surface area (Å²) in [4.78, 5) is 13.1. The Morgan fingerprint density at radius 2 is 0.800 bits per heavy atom. The minimum atomic E-state index is -1.58. The lowest BCUT2D eigenvalue weighted by Gasteiger charge is -2.40. The van der Waals surface area contributed by atoms with Crippen LogP contribution >= 0.6 is 0 Å². The van der Waals surface area contributed by atoms with Gasteiger partial charge < -0.3 is 40.3 Å². The van der Waals surface area contributed by atoms with Crippen LogP contribution in [0.4, 0.5) is 0 Å². The topological polar surface area (TPSA) is 149 Å². The lowest BCUT2D eigenvalue weighted by atomic mass is 9.99. The number of ether oxygens (including phenoxy) is 2. The van der Waals surface area contributed by atoms with Gasteiger partial charge in [-0.05, 0) is 83.5 Å². The third-order valence-electron chi connectivity index (χ3n) is 14.7. The molecular weight excluding hydrogens is 935 g/mol. The Hall–Kier alpha value is -2.37. The van der Waals surface area contributed by atoms with Crippen LogP contribution < -0.4 is 5.32 Å². The molecule has 9 nitrogen and oxygen atoms in total. The van der Waals surface area contributed by atoms with Gasteiger partial charge in [0.2, 0.25) is 5.91 Å². The SMILES string of the molecule is CCCCCCC/C=C\C/C=C\C/C=C\CCCCCCCCCCCCCCCCCCCCCCC(=O)NC(COC1OC(CO)C(O)C(O)C1O)C(O)/C=C/CC/C=C/CC/C=C/CCCCCCCCC. The highest BCUT2D eigenvalue weighted by molar-refractivity contribution is 5.76. The van der Waals surface area contributed by atoms with Gasteiger partial charge in [0.25, 0.3) is 0 Å². The molecule has 1 saturated heterocycles. The molecule has 0 radical (unpaired) electrons. The van der Waals surface area contributed by atoms with Crippen LogP contribution in [0, 0.1) is 0 Å². The molecule has 0 bridgehead atoms. The Bertz CT molecular complexity index is 1410. The van der Waals surface area contributed by atoms with Crippen LogP contribution in [-0.2, 0) is 14.3 Å². The van der Waals surface area contributed by atoms with Crippen molar-refractivity contribution >= 4 is 5.91 Å². The number of nitrogens with one attached hydrogen (secondary N) is 1. The zero-order valence-corrected chi connectivity index (χ0v) is 48.5. The van der Waals surface area contributed by atoms with E-state index < -0.39 is 49.5 Å². The maximum Gasteiger partial charge on any atom is 0.220 e. The fourth-order valence-corrected chi connectivity index (χ4v) is 9.73. The maximum atomic E-state index is 13.1. The highest BCUT2D eigenvalue weighted by Crippen LogP contribution is 2.23. The minimum Gasteiger partial charge on any atom is -0.394 e. The van der Waals surface area contributed by atoms with Crippen LogP contribution in [0.2, 0.25) is 0 Å². The third kappa shape index (κ3) is 44.2. The van der Waals surface area contributed by atoms with Crippen molar-refractivity contribution in [2.24, 2.45) is 0 Å². The number of carbonyl (C=O) groups excluding carboxylic acids is 1. The summed E-state index contributed by atoms with van der Waals surface area (Å²) < 4.78 is 11.3. The smallest absolute Gasteiger partial charge is 0.220 e. The van der Waals surface area contributed by atoms with Crippen LogP contribution in [0.1, 0.15) is 284 Å². The first kappa shape index (κ1) is 70.6. The molecule has 1 aliphatic rings. The maximum absolute atomic E-state index is 13.1. The standard InChI is InChI=1S/C66H119NO8/c1-3-5-7-9-11-13-15-17-19-21-22-23-24-25-26-27-28-29-30-31-32-33-34-35-36-37-38-40-42-44-46-48-50-52-54-56-62(70)67-59(58-74-66-65(73)64(72)63(71)61(57-68)75-66)60(69)55-53-51-49-47-45-43-41-39-20-18-16-14-12-10-8-6-4-2/h15,17,20-22,24-25,39,45,47,53,55,59-61,63-66,68-69,71-73H,3-14,16,18-19,23,26-38,40-44,46,48-52,54,56-58H2,1-2H3,(H,67,70)/b17-15-,22-21-,25-24-,39-20+,47-45+,55-53+. The first-order valence-corrected chi connectivity index (χ1v) is 31.7. The second-order valence-corrected chi connectivity index (χ2v) is 21.8. The van der Waals surface area contributed by atoms with Crippen molar-refractivity contribution in [1.82, 2.24) is 5.32 Å². The molecule has 7 atom stereocenters. The Morgan fingerprint density at radius 3 is 1.21 bits per heavy atom. The van der Waals surface area contributed by atoms with Crippen molar-refractivity contribution in [3.05, 3.63) is 72.9 Å². The van der Waals surface area contributed by atoms with Crippen molar-refractivity contribution in [2.45, 2.75) is 326 Å². The lowest BCUT2D eigenvalue weighted by Crippen LogP contribution is -2.60. The van der Waals surface area contributed by atoms with Crippen molar-refractivity contribution < 1.29 is 39.8 Å². The number of aliphatic hydroxyl groups excluding tert-OH is 5. The van der Waals surface area contributed by atoms with Gasteiger partial charge in [-0.3, -0.25) is 4.79 Å². The molecule has 6 N–H and O–H groups in total. The first-order chi connectivity index (χ1) is 36.8. The van der Waals surface area contributed by atoms with E-state index in [1.165, 1.54) is 199 Å². The van der Waals surface area contributed by atoms with Gasteiger partial charge in [-0.2, -0.15) is 0 Å². The predicted octanol–water partition coefficient (Wildman–Crippen LogP) is 16.4. The highest BCUT2D eigenvalue weighted by atomic mass is 16.7. The molecule has 436 valence electrons. The van der Waals surface area contributed by atoms with Gasteiger partial charge in [0.15, 0.2) is 6.29 Å². The minimum absolute atomic E-state index is 0.189. The number of aliphatic hydroxyl groups is 5. The molecule has 0 aromatic carbocycles. The molecular formula is C66H119NO8. The number of unbranched alkanes of at least 4 members (excludes halogenated alkanes) is 34. The Labute approximate surface area is 461 Å². The molecule has 0 aromatic heterocycles. The Kier molecular flexibility index (Phi) is 51.8. The number of hydrogen-bond acceptors (Lipinski definition) is 8. The summed E-state index contributed by atoms with van der Waals surface area (Å²) in [6, 6.07) is -0.830. The molecule has 0 aromatic rings. The Balaban J connectivity index is 2.13. The largest absolute Gasteiger partial charge is 0.394 e. The molecule has 1 aliphatic heterocycles. The quantitative estimate of drug-likeness (QED) is 0.0261. The van der Waals surface area contributed by atoms with E-state index in [4.69, 9.17) is 9.47 Å². The monoisotopic (exact) mass is 1050 g/mol. The van der Waals surface area contributed by atoms with Gasteiger partial charge in [0, 0.05) is 6.42 Å². The van der Waals surface area contributed by atoms with E-state index in [2.05, 4.69) is 79.9 Å². The number of amides is 1. The van der Waals surface area contributed by atoms with E-state index >= 15 is 0 Å². The van der Waals surface area contributed by atoms with E-state index in [0.29, 0.717) is 6.42 Å². The van der Waals surface area contributed by atoms with Crippen LogP contribution in [-0.4, -0.2) is 87.5 Å². The molecule has 0 aliphatic carbocycles. The Morgan fingerprint density at radius 1 is 0.453 bits per heavy atom. The van der Waals surface area contributed by atoms with Gasteiger partial charge in [0.05, 0.1) is 25.4 Å². The summed E-state index contributed by atoms with van der Waals surface area (Å²) >= 11 is 0. The van der Waals surface area contributed by atoms with Crippen molar-refractivity contribution in [2.75, 3.05) is 13.2 Å². The summed E-state index contributed by atoms with van der Waals surface area (Å²) in [7, 11) is 0. The van der Waals surface area contributed by atoms with Gasteiger partial charge >= 0.3 is 0 Å². The van der Waals surface area contributed by atoms with Gasteiger partial charge in [-0.25, -0.2) is 0 Å². The van der Waals surface area contributed by atoms with E-state index in [1.54, 1.807) is 6.08 Å². The summed E-state index contributed by atoms with van der Waals surface area (Å²) in [5.41, 5.74) is 0. The zero-order chi connectivity index (χ0) is 54.3.